The molecule has 112 valence electrons. The van der Waals surface area contributed by atoms with Gasteiger partial charge in [0.2, 0.25) is 0 Å². The first-order valence-electron chi connectivity index (χ1n) is 7.31. The van der Waals surface area contributed by atoms with Crippen molar-refractivity contribution in [3.63, 3.8) is 0 Å². The molecule has 0 saturated heterocycles. The average molecular weight is 285 g/mol. The number of aryl methyl sites for hydroxylation is 1. The van der Waals surface area contributed by atoms with Gasteiger partial charge in [-0.3, -0.25) is 0 Å². The van der Waals surface area contributed by atoms with Gasteiger partial charge in [0.1, 0.15) is 6.61 Å². The Kier molecular flexibility index (Phi) is 5.64. The Morgan fingerprint density at radius 3 is 2.52 bits per heavy atom. The van der Waals surface area contributed by atoms with Crippen molar-refractivity contribution >= 4 is 0 Å². The second kappa shape index (κ2) is 7.70. The van der Waals surface area contributed by atoms with E-state index in [0.29, 0.717) is 13.2 Å². The minimum atomic E-state index is 0.549. The average Bonchev–Trinajstić information content (AvgIpc) is 2.47. The van der Waals surface area contributed by atoms with E-state index in [-0.39, 0.29) is 0 Å². The molecule has 0 fully saturated rings. The van der Waals surface area contributed by atoms with Gasteiger partial charge in [-0.2, -0.15) is 0 Å². The second-order valence-corrected chi connectivity index (χ2v) is 5.02. The number of hydrogen-bond acceptors (Lipinski definition) is 3. The molecular formula is C18H23NO2. The van der Waals surface area contributed by atoms with Crippen molar-refractivity contribution in [3.05, 3.63) is 59.2 Å². The summed E-state index contributed by atoms with van der Waals surface area (Å²) in [6.45, 7) is 6.06. The Labute approximate surface area is 126 Å². The smallest absolute Gasteiger partial charge is 0.161 e. The predicted octanol–water partition coefficient (Wildman–Crippen LogP) is 3.69. The molecule has 0 aliphatic heterocycles. The Morgan fingerprint density at radius 1 is 0.952 bits per heavy atom. The zero-order valence-corrected chi connectivity index (χ0v) is 13.0. The van der Waals surface area contributed by atoms with Gasteiger partial charge in [0.05, 0.1) is 6.61 Å². The zero-order chi connectivity index (χ0) is 15.1. The molecule has 2 rings (SSSR count). The highest BCUT2D eigenvalue weighted by Crippen LogP contribution is 2.29. The molecule has 21 heavy (non-hydrogen) atoms. The molecule has 0 saturated carbocycles. The van der Waals surface area contributed by atoms with Gasteiger partial charge in [-0.05, 0) is 44.2 Å². The lowest BCUT2D eigenvalue weighted by molar-refractivity contribution is 0.269. The van der Waals surface area contributed by atoms with Crippen molar-refractivity contribution in [3.8, 4) is 11.5 Å². The lowest BCUT2D eigenvalue weighted by Gasteiger charge is -2.13. The Morgan fingerprint density at radius 2 is 1.81 bits per heavy atom. The monoisotopic (exact) mass is 285 g/mol. The largest absolute Gasteiger partial charge is 0.490 e. The molecular weight excluding hydrogens is 262 g/mol. The molecule has 2 aromatic rings. The highest BCUT2D eigenvalue weighted by Gasteiger charge is 2.07. The first-order valence-corrected chi connectivity index (χ1v) is 7.31. The van der Waals surface area contributed by atoms with Gasteiger partial charge in [0.15, 0.2) is 11.5 Å². The summed E-state index contributed by atoms with van der Waals surface area (Å²) >= 11 is 0. The summed E-state index contributed by atoms with van der Waals surface area (Å²) in [5.41, 5.74) is 3.59. The Balaban J connectivity index is 2.11. The summed E-state index contributed by atoms with van der Waals surface area (Å²) in [5.74, 6) is 1.59. The molecule has 0 radical (unpaired) electrons. The van der Waals surface area contributed by atoms with Crippen LogP contribution in [0.1, 0.15) is 23.6 Å². The first-order chi connectivity index (χ1) is 10.2. The second-order valence-electron chi connectivity index (χ2n) is 5.02. The summed E-state index contributed by atoms with van der Waals surface area (Å²) in [7, 11) is 1.93. The molecule has 0 unspecified atom stereocenters. The number of benzene rings is 2. The van der Waals surface area contributed by atoms with Gasteiger partial charge in [0, 0.05) is 6.54 Å². The molecule has 0 spiro atoms. The normalized spacial score (nSPS) is 10.4. The van der Waals surface area contributed by atoms with E-state index in [1.165, 1.54) is 11.1 Å². The van der Waals surface area contributed by atoms with Crippen LogP contribution >= 0.6 is 0 Å². The van der Waals surface area contributed by atoms with Crippen LogP contribution in [0.15, 0.2) is 42.5 Å². The van der Waals surface area contributed by atoms with Crippen molar-refractivity contribution < 1.29 is 9.47 Å². The van der Waals surface area contributed by atoms with Crippen molar-refractivity contribution in [2.45, 2.75) is 27.0 Å². The van der Waals surface area contributed by atoms with E-state index in [0.717, 1.165) is 23.6 Å². The molecule has 3 heteroatoms. The molecule has 0 atom stereocenters. The minimum absolute atomic E-state index is 0.549. The summed E-state index contributed by atoms with van der Waals surface area (Å²) in [6.07, 6.45) is 0. The van der Waals surface area contributed by atoms with Crippen LogP contribution in [0.25, 0.3) is 0 Å². The third kappa shape index (κ3) is 4.50. The van der Waals surface area contributed by atoms with E-state index in [1.807, 2.05) is 32.2 Å². The fraction of sp³-hybridized carbons (Fsp3) is 0.333. The van der Waals surface area contributed by atoms with E-state index in [1.54, 1.807) is 0 Å². The molecule has 2 aromatic carbocycles. The highest BCUT2D eigenvalue weighted by molar-refractivity contribution is 5.43. The number of ether oxygens (including phenoxy) is 2. The molecule has 3 nitrogen and oxygen atoms in total. The molecule has 0 heterocycles. The van der Waals surface area contributed by atoms with Crippen molar-refractivity contribution in [1.82, 2.24) is 5.32 Å². The van der Waals surface area contributed by atoms with Crippen LogP contribution in [-0.4, -0.2) is 13.7 Å². The molecule has 0 amide bonds. The lowest BCUT2D eigenvalue weighted by Crippen LogP contribution is -2.06. The van der Waals surface area contributed by atoms with E-state index in [2.05, 4.69) is 36.5 Å². The van der Waals surface area contributed by atoms with Crippen LogP contribution in [0.4, 0.5) is 0 Å². The first kappa shape index (κ1) is 15.4. The molecule has 0 bridgehead atoms. The van der Waals surface area contributed by atoms with Gasteiger partial charge in [0.25, 0.3) is 0 Å². The van der Waals surface area contributed by atoms with Gasteiger partial charge < -0.3 is 14.8 Å². The maximum absolute atomic E-state index is 5.92. The fourth-order valence-corrected chi connectivity index (χ4v) is 2.22. The van der Waals surface area contributed by atoms with Crippen LogP contribution in [0.3, 0.4) is 0 Å². The van der Waals surface area contributed by atoms with Gasteiger partial charge >= 0.3 is 0 Å². The van der Waals surface area contributed by atoms with Crippen molar-refractivity contribution in [1.29, 1.82) is 0 Å². The molecule has 0 aromatic heterocycles. The van der Waals surface area contributed by atoms with E-state index in [9.17, 15) is 0 Å². The fourth-order valence-electron chi connectivity index (χ4n) is 2.22. The summed E-state index contributed by atoms with van der Waals surface area (Å²) in [4.78, 5) is 0. The Hall–Kier alpha value is -2.00. The van der Waals surface area contributed by atoms with Gasteiger partial charge in [-0.15, -0.1) is 0 Å². The molecule has 0 aliphatic rings. The quantitative estimate of drug-likeness (QED) is 0.841. The SMILES string of the molecule is CCOc1cc(CNC)ccc1OCc1cccc(C)c1. The predicted molar refractivity (Wildman–Crippen MR) is 85.9 cm³/mol. The third-order valence-corrected chi connectivity index (χ3v) is 3.17. The molecule has 0 aliphatic carbocycles. The van der Waals surface area contributed by atoms with Crippen LogP contribution < -0.4 is 14.8 Å². The Bertz CT molecular complexity index is 581. The summed E-state index contributed by atoms with van der Waals surface area (Å²) < 4.78 is 11.6. The van der Waals surface area contributed by atoms with Gasteiger partial charge in [-0.25, -0.2) is 0 Å². The number of nitrogens with one attached hydrogen (secondary N) is 1. The van der Waals surface area contributed by atoms with E-state index in [4.69, 9.17) is 9.47 Å². The lowest BCUT2D eigenvalue weighted by atomic mass is 10.1. The molecule has 1 N–H and O–H groups in total. The minimum Gasteiger partial charge on any atom is -0.490 e. The van der Waals surface area contributed by atoms with Crippen LogP contribution in [0.2, 0.25) is 0 Å². The highest BCUT2D eigenvalue weighted by atomic mass is 16.5. The topological polar surface area (TPSA) is 30.5 Å². The maximum Gasteiger partial charge on any atom is 0.161 e. The van der Waals surface area contributed by atoms with Crippen LogP contribution in [-0.2, 0) is 13.2 Å². The number of hydrogen-bond donors (Lipinski definition) is 1. The summed E-state index contributed by atoms with van der Waals surface area (Å²) in [6, 6.07) is 14.4. The zero-order valence-electron chi connectivity index (χ0n) is 13.0. The van der Waals surface area contributed by atoms with Crippen LogP contribution in [0, 0.1) is 6.92 Å². The maximum atomic E-state index is 5.92. The van der Waals surface area contributed by atoms with Crippen LogP contribution in [0.5, 0.6) is 11.5 Å². The van der Waals surface area contributed by atoms with Gasteiger partial charge in [-0.1, -0.05) is 35.9 Å². The standard InChI is InChI=1S/C18H23NO2/c1-4-20-18-11-15(12-19-3)8-9-17(18)21-13-16-7-5-6-14(2)10-16/h5-11,19H,4,12-13H2,1-3H3. The van der Waals surface area contributed by atoms with Crippen molar-refractivity contribution in [2.24, 2.45) is 0 Å². The van der Waals surface area contributed by atoms with E-state index >= 15 is 0 Å². The van der Waals surface area contributed by atoms with E-state index < -0.39 is 0 Å². The number of rotatable bonds is 7. The third-order valence-electron chi connectivity index (χ3n) is 3.17. The summed E-state index contributed by atoms with van der Waals surface area (Å²) in [5, 5.41) is 3.14. The van der Waals surface area contributed by atoms with Crippen molar-refractivity contribution in [2.75, 3.05) is 13.7 Å².